The van der Waals surface area contributed by atoms with E-state index < -0.39 is 11.9 Å². The van der Waals surface area contributed by atoms with E-state index in [0.29, 0.717) is 13.1 Å². The molecule has 1 fully saturated rings. The number of hydrogen-bond acceptors (Lipinski definition) is 2. The summed E-state index contributed by atoms with van der Waals surface area (Å²) in [5, 5.41) is 8.73. The average molecular weight is 197 g/mol. The molecule has 1 saturated heterocycles. The largest absolute Gasteiger partial charge is 0.481 e. The van der Waals surface area contributed by atoms with Crippen molar-refractivity contribution in [1.29, 1.82) is 0 Å². The smallest absolute Gasteiger partial charge is 0.308 e. The number of carbonyl (C=O) groups excluding carboxylic acids is 1. The van der Waals surface area contributed by atoms with E-state index in [1.165, 1.54) is 0 Å². The summed E-state index contributed by atoms with van der Waals surface area (Å²) in [5.74, 6) is -1.46. The van der Waals surface area contributed by atoms with Gasteiger partial charge in [0.2, 0.25) is 5.91 Å². The minimum atomic E-state index is -0.877. The molecule has 1 aliphatic heterocycles. The second kappa shape index (κ2) is 4.26. The van der Waals surface area contributed by atoms with Crippen molar-refractivity contribution in [3.8, 4) is 0 Å². The fraction of sp³-hybridized carbons (Fsp3) is 0.600. The first kappa shape index (κ1) is 10.8. The van der Waals surface area contributed by atoms with Gasteiger partial charge in [-0.1, -0.05) is 11.6 Å². The summed E-state index contributed by atoms with van der Waals surface area (Å²) in [7, 11) is 0. The molecule has 1 amide bonds. The van der Waals surface area contributed by atoms with Crippen LogP contribution in [0.15, 0.2) is 11.6 Å². The molecule has 1 rings (SSSR count). The summed E-state index contributed by atoms with van der Waals surface area (Å²) in [6.45, 7) is 4.79. The van der Waals surface area contributed by atoms with Gasteiger partial charge in [0.15, 0.2) is 0 Å². The van der Waals surface area contributed by atoms with E-state index in [0.717, 1.165) is 5.57 Å². The molecular weight excluding hydrogens is 182 g/mol. The highest BCUT2D eigenvalue weighted by Gasteiger charge is 2.33. The lowest BCUT2D eigenvalue weighted by atomic mass is 10.1. The highest BCUT2D eigenvalue weighted by Crippen LogP contribution is 2.17. The van der Waals surface area contributed by atoms with Gasteiger partial charge in [0.1, 0.15) is 0 Å². The van der Waals surface area contributed by atoms with Crippen LogP contribution < -0.4 is 0 Å². The normalized spacial score (nSPS) is 21.1. The zero-order valence-electron chi connectivity index (χ0n) is 8.49. The van der Waals surface area contributed by atoms with Crippen LogP contribution in [0.3, 0.4) is 0 Å². The van der Waals surface area contributed by atoms with E-state index in [1.54, 1.807) is 4.90 Å². The van der Waals surface area contributed by atoms with Crippen molar-refractivity contribution in [2.45, 2.75) is 20.3 Å². The van der Waals surface area contributed by atoms with E-state index in [-0.39, 0.29) is 12.3 Å². The highest BCUT2D eigenvalue weighted by molar-refractivity contribution is 5.86. The van der Waals surface area contributed by atoms with Crippen molar-refractivity contribution in [1.82, 2.24) is 4.90 Å². The van der Waals surface area contributed by atoms with Gasteiger partial charge in [0, 0.05) is 19.5 Å². The Morgan fingerprint density at radius 1 is 1.64 bits per heavy atom. The van der Waals surface area contributed by atoms with Crippen LogP contribution in [-0.2, 0) is 9.59 Å². The van der Waals surface area contributed by atoms with Crippen LogP contribution in [0.4, 0.5) is 0 Å². The Balaban J connectivity index is 2.53. The molecule has 1 atom stereocenters. The van der Waals surface area contributed by atoms with Crippen molar-refractivity contribution in [3.05, 3.63) is 11.6 Å². The summed E-state index contributed by atoms with van der Waals surface area (Å²) in [6, 6.07) is 0. The van der Waals surface area contributed by atoms with E-state index >= 15 is 0 Å². The summed E-state index contributed by atoms with van der Waals surface area (Å²) in [5.41, 5.74) is 1.14. The van der Waals surface area contributed by atoms with Crippen molar-refractivity contribution < 1.29 is 14.7 Å². The Morgan fingerprint density at radius 2 is 2.29 bits per heavy atom. The number of amides is 1. The molecule has 0 radical (unpaired) electrons. The van der Waals surface area contributed by atoms with Crippen LogP contribution >= 0.6 is 0 Å². The molecule has 4 nitrogen and oxygen atoms in total. The Bertz CT molecular complexity index is 279. The molecular formula is C10H15NO3. The SMILES string of the molecule is CC(C)=CCN1CC(C(=O)O)CC1=O. The van der Waals surface area contributed by atoms with Crippen molar-refractivity contribution in [2.75, 3.05) is 13.1 Å². The van der Waals surface area contributed by atoms with Gasteiger partial charge in [0.25, 0.3) is 0 Å². The molecule has 14 heavy (non-hydrogen) atoms. The molecule has 1 unspecified atom stereocenters. The second-order valence-corrected chi connectivity index (χ2v) is 3.82. The average Bonchev–Trinajstić information content (AvgIpc) is 2.43. The van der Waals surface area contributed by atoms with Gasteiger partial charge >= 0.3 is 5.97 Å². The van der Waals surface area contributed by atoms with Crippen molar-refractivity contribution in [2.24, 2.45) is 5.92 Å². The molecule has 0 aromatic heterocycles. The highest BCUT2D eigenvalue weighted by atomic mass is 16.4. The first-order valence-corrected chi connectivity index (χ1v) is 4.64. The number of carboxylic acids is 1. The monoisotopic (exact) mass is 197 g/mol. The number of allylic oxidation sites excluding steroid dienone is 1. The molecule has 4 heteroatoms. The third-order valence-corrected chi connectivity index (χ3v) is 2.28. The number of nitrogens with zero attached hydrogens (tertiary/aromatic N) is 1. The lowest BCUT2D eigenvalue weighted by molar-refractivity contribution is -0.141. The van der Waals surface area contributed by atoms with Gasteiger partial charge < -0.3 is 10.0 Å². The third kappa shape index (κ3) is 2.58. The standard InChI is InChI=1S/C10H15NO3/c1-7(2)3-4-11-6-8(10(13)14)5-9(11)12/h3,8H,4-6H2,1-2H3,(H,13,14). The fourth-order valence-electron chi connectivity index (χ4n) is 1.41. The van der Waals surface area contributed by atoms with Gasteiger partial charge in [-0.3, -0.25) is 9.59 Å². The van der Waals surface area contributed by atoms with Crippen LogP contribution in [0, 0.1) is 5.92 Å². The molecule has 0 saturated carbocycles. The Labute approximate surface area is 83.2 Å². The van der Waals surface area contributed by atoms with E-state index in [4.69, 9.17) is 5.11 Å². The first-order chi connectivity index (χ1) is 6.50. The Hall–Kier alpha value is -1.32. The van der Waals surface area contributed by atoms with Gasteiger partial charge in [-0.15, -0.1) is 0 Å². The number of likely N-dealkylation sites (tertiary alicyclic amines) is 1. The van der Waals surface area contributed by atoms with Gasteiger partial charge in [-0.2, -0.15) is 0 Å². The lowest BCUT2D eigenvalue weighted by Crippen LogP contribution is -2.26. The summed E-state index contributed by atoms with van der Waals surface area (Å²) >= 11 is 0. The number of rotatable bonds is 3. The number of carboxylic acid groups (broad SMARTS) is 1. The second-order valence-electron chi connectivity index (χ2n) is 3.82. The maximum atomic E-state index is 11.3. The topological polar surface area (TPSA) is 57.6 Å². The Morgan fingerprint density at radius 3 is 2.71 bits per heavy atom. The molecule has 1 aliphatic rings. The Kier molecular flexibility index (Phi) is 3.28. The molecule has 1 N–H and O–H groups in total. The maximum Gasteiger partial charge on any atom is 0.308 e. The molecule has 78 valence electrons. The molecule has 0 bridgehead atoms. The quantitative estimate of drug-likeness (QED) is 0.683. The van der Waals surface area contributed by atoms with Gasteiger partial charge in [-0.05, 0) is 13.8 Å². The van der Waals surface area contributed by atoms with Crippen LogP contribution in [-0.4, -0.2) is 35.0 Å². The van der Waals surface area contributed by atoms with E-state index in [2.05, 4.69) is 0 Å². The van der Waals surface area contributed by atoms with Crippen LogP contribution in [0.5, 0.6) is 0 Å². The molecule has 0 aliphatic carbocycles. The van der Waals surface area contributed by atoms with Crippen LogP contribution in [0.2, 0.25) is 0 Å². The summed E-state index contributed by atoms with van der Waals surface area (Å²) < 4.78 is 0. The predicted octanol–water partition coefficient (Wildman–Crippen LogP) is 0.886. The molecule has 0 spiro atoms. The van der Waals surface area contributed by atoms with Gasteiger partial charge in [0.05, 0.1) is 5.92 Å². The third-order valence-electron chi connectivity index (χ3n) is 2.28. The lowest BCUT2D eigenvalue weighted by Gasteiger charge is -2.13. The molecule has 1 heterocycles. The van der Waals surface area contributed by atoms with Crippen molar-refractivity contribution in [3.63, 3.8) is 0 Å². The number of aliphatic carboxylic acids is 1. The summed E-state index contributed by atoms with van der Waals surface area (Å²) in [6.07, 6.45) is 2.08. The van der Waals surface area contributed by atoms with E-state index in [9.17, 15) is 9.59 Å². The van der Waals surface area contributed by atoms with Crippen molar-refractivity contribution >= 4 is 11.9 Å². The van der Waals surface area contributed by atoms with Crippen LogP contribution in [0.1, 0.15) is 20.3 Å². The minimum absolute atomic E-state index is 0.0603. The zero-order valence-corrected chi connectivity index (χ0v) is 8.49. The van der Waals surface area contributed by atoms with Gasteiger partial charge in [-0.25, -0.2) is 0 Å². The van der Waals surface area contributed by atoms with Crippen LogP contribution in [0.25, 0.3) is 0 Å². The fourth-order valence-corrected chi connectivity index (χ4v) is 1.41. The summed E-state index contributed by atoms with van der Waals surface area (Å²) in [4.78, 5) is 23.6. The molecule has 0 aromatic carbocycles. The predicted molar refractivity (Wildman–Crippen MR) is 51.8 cm³/mol. The number of carbonyl (C=O) groups is 2. The van der Waals surface area contributed by atoms with E-state index in [1.807, 2.05) is 19.9 Å². The first-order valence-electron chi connectivity index (χ1n) is 4.64. The zero-order chi connectivity index (χ0) is 10.7. The maximum absolute atomic E-state index is 11.3. The number of hydrogen-bond donors (Lipinski definition) is 1. The minimum Gasteiger partial charge on any atom is -0.481 e. The molecule has 0 aromatic rings.